The molecular weight excluding hydrogens is 250 g/mol. The van der Waals surface area contributed by atoms with Crippen molar-refractivity contribution in [1.29, 1.82) is 0 Å². The topological polar surface area (TPSA) is 53.1 Å². The Bertz CT molecular complexity index is 537. The van der Waals surface area contributed by atoms with Gasteiger partial charge in [0, 0.05) is 51.3 Å². The summed E-state index contributed by atoms with van der Waals surface area (Å²) < 4.78 is 0. The van der Waals surface area contributed by atoms with Crippen molar-refractivity contribution in [3.63, 3.8) is 0 Å². The average Bonchev–Trinajstić information content (AvgIpc) is 2.55. The molecule has 0 radical (unpaired) electrons. The van der Waals surface area contributed by atoms with Crippen molar-refractivity contribution in [1.82, 2.24) is 15.3 Å². The van der Waals surface area contributed by atoms with E-state index in [0.717, 1.165) is 38.4 Å². The van der Waals surface area contributed by atoms with Crippen LogP contribution in [0.15, 0.2) is 43.0 Å². The predicted molar refractivity (Wildman–Crippen MR) is 80.9 cm³/mol. The summed E-state index contributed by atoms with van der Waals surface area (Å²) >= 11 is 0. The third kappa shape index (κ3) is 3.05. The standard InChI is InChI=1S/C15H19N5/c1-2-13(10-17-4-1)11-19-14-12-18-5-3-15(14)20-8-6-16-7-9-20/h1-5,10,12,16,19H,6-9,11H2. The van der Waals surface area contributed by atoms with Crippen LogP contribution in [0.25, 0.3) is 0 Å². The van der Waals surface area contributed by atoms with Crippen LogP contribution in [0.5, 0.6) is 0 Å². The molecule has 0 aliphatic carbocycles. The number of rotatable bonds is 4. The highest BCUT2D eigenvalue weighted by Gasteiger charge is 2.13. The van der Waals surface area contributed by atoms with Crippen molar-refractivity contribution in [2.45, 2.75) is 6.54 Å². The summed E-state index contributed by atoms with van der Waals surface area (Å²) in [7, 11) is 0. The zero-order chi connectivity index (χ0) is 13.6. The highest BCUT2D eigenvalue weighted by molar-refractivity contribution is 5.69. The van der Waals surface area contributed by atoms with E-state index in [1.165, 1.54) is 11.3 Å². The molecular formula is C15H19N5. The monoisotopic (exact) mass is 269 g/mol. The minimum atomic E-state index is 0.763. The molecule has 3 heterocycles. The van der Waals surface area contributed by atoms with Gasteiger partial charge in [0.2, 0.25) is 0 Å². The molecule has 1 aliphatic heterocycles. The van der Waals surface area contributed by atoms with Crippen LogP contribution in [0, 0.1) is 0 Å². The van der Waals surface area contributed by atoms with Gasteiger partial charge in [-0.1, -0.05) is 6.07 Å². The molecule has 0 spiro atoms. The van der Waals surface area contributed by atoms with E-state index in [4.69, 9.17) is 0 Å². The van der Waals surface area contributed by atoms with Gasteiger partial charge in [-0.25, -0.2) is 0 Å². The van der Waals surface area contributed by atoms with Gasteiger partial charge >= 0.3 is 0 Å². The van der Waals surface area contributed by atoms with E-state index in [1.54, 1.807) is 6.20 Å². The Labute approximate surface area is 119 Å². The summed E-state index contributed by atoms with van der Waals surface area (Å²) in [5, 5.41) is 6.84. The maximum absolute atomic E-state index is 4.23. The zero-order valence-corrected chi connectivity index (χ0v) is 11.4. The molecule has 0 saturated carbocycles. The molecule has 104 valence electrons. The fraction of sp³-hybridized carbons (Fsp3) is 0.333. The molecule has 5 heteroatoms. The summed E-state index contributed by atoms with van der Waals surface area (Å²) in [5.41, 5.74) is 3.48. The number of hydrogen-bond donors (Lipinski definition) is 2. The van der Waals surface area contributed by atoms with Crippen LogP contribution in [-0.4, -0.2) is 36.1 Å². The van der Waals surface area contributed by atoms with Gasteiger partial charge < -0.3 is 15.5 Å². The molecule has 1 saturated heterocycles. The largest absolute Gasteiger partial charge is 0.378 e. The molecule has 5 nitrogen and oxygen atoms in total. The van der Waals surface area contributed by atoms with Gasteiger partial charge in [-0.15, -0.1) is 0 Å². The lowest BCUT2D eigenvalue weighted by Gasteiger charge is -2.31. The summed E-state index contributed by atoms with van der Waals surface area (Å²) in [6.07, 6.45) is 7.42. The SMILES string of the molecule is c1cncc(CNc2cnccc2N2CCNCC2)c1. The van der Waals surface area contributed by atoms with Crippen molar-refractivity contribution in [3.05, 3.63) is 48.5 Å². The quantitative estimate of drug-likeness (QED) is 0.881. The fourth-order valence-electron chi connectivity index (χ4n) is 2.40. The highest BCUT2D eigenvalue weighted by Crippen LogP contribution is 2.25. The molecule has 0 unspecified atom stereocenters. The second-order valence-electron chi connectivity index (χ2n) is 4.84. The smallest absolute Gasteiger partial charge is 0.0767 e. The van der Waals surface area contributed by atoms with Crippen molar-refractivity contribution in [2.24, 2.45) is 0 Å². The van der Waals surface area contributed by atoms with Crippen molar-refractivity contribution >= 4 is 11.4 Å². The van der Waals surface area contributed by atoms with Gasteiger partial charge in [-0.3, -0.25) is 9.97 Å². The number of hydrogen-bond acceptors (Lipinski definition) is 5. The predicted octanol–water partition coefficient (Wildman–Crippen LogP) is 1.50. The Hall–Kier alpha value is -2.14. The number of aromatic nitrogens is 2. The van der Waals surface area contributed by atoms with E-state index in [9.17, 15) is 0 Å². The molecule has 0 aromatic carbocycles. The van der Waals surface area contributed by atoms with Crippen molar-refractivity contribution in [3.8, 4) is 0 Å². The molecule has 3 rings (SSSR count). The number of nitrogens with zero attached hydrogens (tertiary/aromatic N) is 3. The Morgan fingerprint density at radius 3 is 2.75 bits per heavy atom. The number of nitrogens with one attached hydrogen (secondary N) is 2. The maximum Gasteiger partial charge on any atom is 0.0767 e. The normalized spacial score (nSPS) is 15.1. The molecule has 20 heavy (non-hydrogen) atoms. The number of piperazine rings is 1. The van der Waals surface area contributed by atoms with Crippen LogP contribution >= 0.6 is 0 Å². The first-order chi connectivity index (χ1) is 9.93. The van der Waals surface area contributed by atoms with Crippen LogP contribution in [0.3, 0.4) is 0 Å². The summed E-state index contributed by atoms with van der Waals surface area (Å²) in [5.74, 6) is 0. The minimum Gasteiger partial charge on any atom is -0.378 e. The Morgan fingerprint density at radius 1 is 1.10 bits per heavy atom. The lowest BCUT2D eigenvalue weighted by molar-refractivity contribution is 0.589. The van der Waals surface area contributed by atoms with E-state index in [1.807, 2.05) is 24.7 Å². The van der Waals surface area contributed by atoms with Crippen LogP contribution in [-0.2, 0) is 6.54 Å². The summed E-state index contributed by atoms with van der Waals surface area (Å²) in [6.45, 7) is 4.89. The molecule has 2 N–H and O–H groups in total. The molecule has 0 bridgehead atoms. The molecule has 1 fully saturated rings. The maximum atomic E-state index is 4.23. The highest BCUT2D eigenvalue weighted by atomic mass is 15.2. The first-order valence-electron chi connectivity index (χ1n) is 6.96. The molecule has 0 atom stereocenters. The van der Waals surface area contributed by atoms with Gasteiger partial charge in [0.05, 0.1) is 17.6 Å². The lowest BCUT2D eigenvalue weighted by Crippen LogP contribution is -2.43. The first kappa shape index (κ1) is 12.9. The van der Waals surface area contributed by atoms with Gasteiger partial charge in [0.15, 0.2) is 0 Å². The molecule has 2 aromatic heterocycles. The van der Waals surface area contributed by atoms with Crippen molar-refractivity contribution < 1.29 is 0 Å². The van der Waals surface area contributed by atoms with Crippen molar-refractivity contribution in [2.75, 3.05) is 36.4 Å². The summed E-state index contributed by atoms with van der Waals surface area (Å²) in [4.78, 5) is 10.8. The number of pyridine rings is 2. The van der Waals surface area contributed by atoms with Gasteiger partial charge in [-0.05, 0) is 17.7 Å². The van der Waals surface area contributed by atoms with E-state index in [-0.39, 0.29) is 0 Å². The van der Waals surface area contributed by atoms with Gasteiger partial charge in [-0.2, -0.15) is 0 Å². The Morgan fingerprint density at radius 2 is 1.95 bits per heavy atom. The van der Waals surface area contributed by atoms with E-state index >= 15 is 0 Å². The van der Waals surface area contributed by atoms with E-state index < -0.39 is 0 Å². The van der Waals surface area contributed by atoms with Crippen LogP contribution in [0.2, 0.25) is 0 Å². The van der Waals surface area contributed by atoms with E-state index in [0.29, 0.717) is 0 Å². The Balaban J connectivity index is 1.72. The first-order valence-corrected chi connectivity index (χ1v) is 6.96. The second kappa shape index (κ2) is 6.34. The molecule has 2 aromatic rings. The number of anilines is 2. The lowest BCUT2D eigenvalue weighted by atomic mass is 10.2. The Kier molecular flexibility index (Phi) is 4.08. The zero-order valence-electron chi connectivity index (χ0n) is 11.4. The second-order valence-corrected chi connectivity index (χ2v) is 4.84. The third-order valence-corrected chi connectivity index (χ3v) is 3.46. The van der Waals surface area contributed by atoms with Crippen LogP contribution < -0.4 is 15.5 Å². The summed E-state index contributed by atoms with van der Waals surface area (Å²) in [6, 6.07) is 6.11. The minimum absolute atomic E-state index is 0.763. The van der Waals surface area contributed by atoms with Crippen LogP contribution in [0.1, 0.15) is 5.56 Å². The molecule has 1 aliphatic rings. The third-order valence-electron chi connectivity index (χ3n) is 3.46. The average molecular weight is 269 g/mol. The fourth-order valence-corrected chi connectivity index (χ4v) is 2.40. The van der Waals surface area contributed by atoms with Crippen LogP contribution in [0.4, 0.5) is 11.4 Å². The van der Waals surface area contributed by atoms with Gasteiger partial charge in [0.25, 0.3) is 0 Å². The van der Waals surface area contributed by atoms with E-state index in [2.05, 4.69) is 37.6 Å². The molecule has 0 amide bonds. The van der Waals surface area contributed by atoms with Gasteiger partial charge in [0.1, 0.15) is 0 Å².